The van der Waals surface area contributed by atoms with E-state index in [9.17, 15) is 4.79 Å². The molecule has 3 N–H and O–H groups in total. The third-order valence-electron chi connectivity index (χ3n) is 3.24. The smallest absolute Gasteiger partial charge is 0.222 e. The van der Waals surface area contributed by atoms with E-state index < -0.39 is 0 Å². The number of likely N-dealkylation sites (tertiary alicyclic amines) is 1. The van der Waals surface area contributed by atoms with E-state index in [0.29, 0.717) is 18.7 Å². The van der Waals surface area contributed by atoms with Crippen LogP contribution in [0.5, 0.6) is 0 Å². The molecule has 0 spiro atoms. The second-order valence-corrected chi connectivity index (χ2v) is 4.63. The number of piperidine rings is 1. The second-order valence-electron chi connectivity index (χ2n) is 4.63. The number of nitrogen functional groups attached to an aromatic ring is 1. The zero-order valence-electron chi connectivity index (χ0n) is 10.5. The van der Waals surface area contributed by atoms with Crippen LogP contribution in [-0.2, 0) is 11.8 Å². The normalized spacial score (nSPS) is 20.8. The van der Waals surface area contributed by atoms with Gasteiger partial charge in [0.2, 0.25) is 5.91 Å². The number of nitrogens with two attached hydrogens (primary N) is 1. The lowest BCUT2D eigenvalue weighted by atomic mass is 10.1. The van der Waals surface area contributed by atoms with Gasteiger partial charge < -0.3 is 16.0 Å². The molecular weight excluding hydrogens is 218 g/mol. The lowest BCUT2D eigenvalue weighted by molar-refractivity contribution is -0.132. The van der Waals surface area contributed by atoms with Crippen molar-refractivity contribution in [2.24, 2.45) is 7.05 Å². The van der Waals surface area contributed by atoms with Gasteiger partial charge in [-0.1, -0.05) is 0 Å². The number of hydrogen-bond donors (Lipinski definition) is 2. The number of likely N-dealkylation sites (N-methyl/N-ethyl adjacent to an activating group) is 1. The Balaban J connectivity index is 2.09. The molecule has 1 amide bonds. The predicted octanol–water partition coefficient (Wildman–Crippen LogP) is 0.343. The molecular formula is C11H19N5O. The molecule has 1 aromatic rings. The summed E-state index contributed by atoms with van der Waals surface area (Å²) in [6, 6.07) is 0.245. The SMILES string of the molecule is Cc1nn(C)c(NC2CCC(=O)N(C)C2)c1N. The van der Waals surface area contributed by atoms with Crippen LogP contribution in [0, 0.1) is 6.92 Å². The quantitative estimate of drug-likeness (QED) is 0.778. The predicted molar refractivity (Wildman–Crippen MR) is 66.6 cm³/mol. The Morgan fingerprint density at radius 3 is 2.71 bits per heavy atom. The molecule has 17 heavy (non-hydrogen) atoms. The monoisotopic (exact) mass is 237 g/mol. The van der Waals surface area contributed by atoms with Crippen LogP contribution in [-0.4, -0.2) is 40.2 Å². The van der Waals surface area contributed by atoms with Crippen molar-refractivity contribution in [1.29, 1.82) is 0 Å². The molecule has 0 aromatic carbocycles. The number of nitrogens with one attached hydrogen (secondary N) is 1. The van der Waals surface area contributed by atoms with Gasteiger partial charge in [-0.2, -0.15) is 5.10 Å². The number of aryl methyl sites for hydroxylation is 2. The molecule has 0 bridgehead atoms. The van der Waals surface area contributed by atoms with Gasteiger partial charge in [0.25, 0.3) is 0 Å². The fourth-order valence-corrected chi connectivity index (χ4v) is 2.17. The molecule has 1 saturated heterocycles. The molecule has 6 nitrogen and oxygen atoms in total. The van der Waals surface area contributed by atoms with Gasteiger partial charge in [0.15, 0.2) is 0 Å². The van der Waals surface area contributed by atoms with Crippen LogP contribution < -0.4 is 11.1 Å². The fourth-order valence-electron chi connectivity index (χ4n) is 2.17. The zero-order valence-corrected chi connectivity index (χ0v) is 10.5. The first-order valence-corrected chi connectivity index (χ1v) is 5.78. The first-order valence-electron chi connectivity index (χ1n) is 5.78. The molecule has 0 radical (unpaired) electrons. The summed E-state index contributed by atoms with van der Waals surface area (Å²) in [5, 5.41) is 7.63. The van der Waals surface area contributed by atoms with Gasteiger partial charge in [0.05, 0.1) is 11.4 Å². The highest BCUT2D eigenvalue weighted by atomic mass is 16.2. The Morgan fingerprint density at radius 1 is 1.47 bits per heavy atom. The van der Waals surface area contributed by atoms with Crippen LogP contribution in [0.2, 0.25) is 0 Å². The molecule has 1 unspecified atom stereocenters. The average Bonchev–Trinajstić information content (AvgIpc) is 2.50. The molecule has 0 aliphatic carbocycles. The van der Waals surface area contributed by atoms with Gasteiger partial charge in [-0.05, 0) is 13.3 Å². The lowest BCUT2D eigenvalue weighted by Gasteiger charge is -2.30. The van der Waals surface area contributed by atoms with Gasteiger partial charge in [0, 0.05) is 33.1 Å². The summed E-state index contributed by atoms with van der Waals surface area (Å²) in [6.07, 6.45) is 1.43. The van der Waals surface area contributed by atoms with E-state index in [4.69, 9.17) is 5.73 Å². The molecule has 0 saturated carbocycles. The maximum atomic E-state index is 11.4. The van der Waals surface area contributed by atoms with Crippen molar-refractivity contribution in [2.75, 3.05) is 24.6 Å². The summed E-state index contributed by atoms with van der Waals surface area (Å²) >= 11 is 0. The Hall–Kier alpha value is -1.72. The first kappa shape index (κ1) is 11.8. The number of hydrogen-bond acceptors (Lipinski definition) is 4. The molecule has 1 aromatic heterocycles. The number of carbonyl (C=O) groups is 1. The number of rotatable bonds is 2. The van der Waals surface area contributed by atoms with Gasteiger partial charge >= 0.3 is 0 Å². The standard InChI is InChI=1S/C11H19N5O/c1-7-10(12)11(16(3)14-7)13-8-4-5-9(17)15(2)6-8/h8,13H,4-6,12H2,1-3H3. The highest BCUT2D eigenvalue weighted by Gasteiger charge is 2.24. The van der Waals surface area contributed by atoms with Crippen molar-refractivity contribution in [1.82, 2.24) is 14.7 Å². The van der Waals surface area contributed by atoms with Gasteiger partial charge in [-0.3, -0.25) is 9.48 Å². The summed E-state index contributed by atoms with van der Waals surface area (Å²) in [5.41, 5.74) is 7.47. The van der Waals surface area contributed by atoms with Crippen LogP contribution in [0.15, 0.2) is 0 Å². The zero-order chi connectivity index (χ0) is 12.6. The van der Waals surface area contributed by atoms with E-state index in [1.807, 2.05) is 21.0 Å². The average molecular weight is 237 g/mol. The van der Waals surface area contributed by atoms with Crippen molar-refractivity contribution in [3.63, 3.8) is 0 Å². The van der Waals surface area contributed by atoms with Gasteiger partial charge in [-0.15, -0.1) is 0 Å². The molecule has 2 rings (SSSR count). The van der Waals surface area contributed by atoms with Crippen molar-refractivity contribution >= 4 is 17.4 Å². The minimum atomic E-state index is 0.206. The van der Waals surface area contributed by atoms with E-state index in [1.54, 1.807) is 9.58 Å². The Kier molecular flexibility index (Phi) is 2.95. The third-order valence-corrected chi connectivity index (χ3v) is 3.24. The second kappa shape index (κ2) is 4.27. The van der Waals surface area contributed by atoms with Crippen molar-refractivity contribution < 1.29 is 4.79 Å². The Labute approximate surface area is 101 Å². The number of carbonyl (C=O) groups excluding carboxylic acids is 1. The molecule has 1 aliphatic heterocycles. The number of nitrogens with zero attached hydrogens (tertiary/aromatic N) is 3. The van der Waals surface area contributed by atoms with Crippen LogP contribution in [0.25, 0.3) is 0 Å². The van der Waals surface area contributed by atoms with E-state index in [1.165, 1.54) is 0 Å². The first-order chi connectivity index (χ1) is 7.99. The van der Waals surface area contributed by atoms with Crippen LogP contribution in [0.1, 0.15) is 18.5 Å². The molecule has 1 atom stereocenters. The Morgan fingerprint density at radius 2 is 2.18 bits per heavy atom. The highest BCUT2D eigenvalue weighted by molar-refractivity contribution is 5.77. The lowest BCUT2D eigenvalue weighted by Crippen LogP contribution is -2.43. The maximum absolute atomic E-state index is 11.4. The summed E-state index contributed by atoms with van der Waals surface area (Å²) in [7, 11) is 3.69. The van der Waals surface area contributed by atoms with Gasteiger partial charge in [0.1, 0.15) is 5.82 Å². The van der Waals surface area contributed by atoms with E-state index in [-0.39, 0.29) is 11.9 Å². The summed E-state index contributed by atoms with van der Waals surface area (Å²) in [4.78, 5) is 13.1. The van der Waals surface area contributed by atoms with E-state index in [2.05, 4.69) is 10.4 Å². The molecule has 1 aliphatic rings. The minimum absolute atomic E-state index is 0.206. The number of anilines is 2. The molecule has 1 fully saturated rings. The number of amides is 1. The summed E-state index contributed by atoms with van der Waals surface area (Å²) in [5.74, 6) is 1.05. The van der Waals surface area contributed by atoms with Crippen LogP contribution in [0.4, 0.5) is 11.5 Å². The molecule has 2 heterocycles. The third kappa shape index (κ3) is 2.20. The number of aromatic nitrogens is 2. The maximum Gasteiger partial charge on any atom is 0.222 e. The largest absolute Gasteiger partial charge is 0.394 e. The van der Waals surface area contributed by atoms with Crippen LogP contribution in [0.3, 0.4) is 0 Å². The van der Waals surface area contributed by atoms with Crippen molar-refractivity contribution in [2.45, 2.75) is 25.8 Å². The topological polar surface area (TPSA) is 76.2 Å². The molecule has 6 heteroatoms. The summed E-state index contributed by atoms with van der Waals surface area (Å²) < 4.78 is 1.75. The Bertz CT molecular complexity index is 439. The van der Waals surface area contributed by atoms with Crippen molar-refractivity contribution in [3.8, 4) is 0 Å². The van der Waals surface area contributed by atoms with Crippen LogP contribution >= 0.6 is 0 Å². The summed E-state index contributed by atoms with van der Waals surface area (Å²) in [6.45, 7) is 2.60. The van der Waals surface area contributed by atoms with E-state index in [0.717, 1.165) is 17.9 Å². The van der Waals surface area contributed by atoms with Gasteiger partial charge in [-0.25, -0.2) is 0 Å². The minimum Gasteiger partial charge on any atom is -0.394 e. The van der Waals surface area contributed by atoms with E-state index >= 15 is 0 Å². The van der Waals surface area contributed by atoms with Crippen molar-refractivity contribution in [3.05, 3.63) is 5.69 Å². The molecule has 94 valence electrons. The highest BCUT2D eigenvalue weighted by Crippen LogP contribution is 2.23. The fraction of sp³-hybridized carbons (Fsp3) is 0.636.